The van der Waals surface area contributed by atoms with E-state index in [2.05, 4.69) is 10.6 Å². The molecule has 1 aromatic heterocycles. The van der Waals surface area contributed by atoms with E-state index in [-0.39, 0.29) is 18.5 Å². The fourth-order valence-electron chi connectivity index (χ4n) is 3.60. The number of carboxylic acid groups (broad SMARTS) is 1. The minimum Gasteiger partial charge on any atom is -0.481 e. The van der Waals surface area contributed by atoms with Crippen LogP contribution in [0.1, 0.15) is 18.4 Å². The molecule has 37 heavy (non-hydrogen) atoms. The van der Waals surface area contributed by atoms with Crippen LogP contribution < -0.4 is 21.2 Å². The van der Waals surface area contributed by atoms with Crippen molar-refractivity contribution in [3.63, 3.8) is 0 Å². The molecule has 11 heteroatoms. The summed E-state index contributed by atoms with van der Waals surface area (Å²) in [4.78, 5) is 62.8. The molecule has 2 aromatic carbocycles. The molecule has 10 nitrogen and oxygen atoms in total. The van der Waals surface area contributed by atoms with Crippen molar-refractivity contribution >= 4 is 35.1 Å². The maximum atomic E-state index is 13.4. The predicted octanol–water partition coefficient (Wildman–Crippen LogP) is 2.97. The average Bonchev–Trinajstić information content (AvgIpc) is 2.89. The second-order valence-corrected chi connectivity index (χ2v) is 7.95. The minimum absolute atomic E-state index is 0.196. The maximum absolute atomic E-state index is 13.4. The molecular weight excluding hydrogens is 483 g/mol. The second kappa shape index (κ2) is 12.8. The van der Waals surface area contributed by atoms with E-state index in [0.29, 0.717) is 10.7 Å². The van der Waals surface area contributed by atoms with Crippen LogP contribution in [0.4, 0.5) is 20.6 Å². The number of urea groups is 1. The molecule has 192 valence electrons. The number of para-hydroxylation sites is 1. The number of hydrogen-bond donors (Lipinski definition) is 3. The van der Waals surface area contributed by atoms with E-state index in [1.54, 1.807) is 60.7 Å². The van der Waals surface area contributed by atoms with Crippen molar-refractivity contribution in [2.75, 3.05) is 22.3 Å². The van der Waals surface area contributed by atoms with E-state index in [1.807, 2.05) is 0 Å². The van der Waals surface area contributed by atoms with Crippen molar-refractivity contribution < 1.29 is 28.7 Å². The topological polar surface area (TPSA) is 138 Å². The van der Waals surface area contributed by atoms with Crippen molar-refractivity contribution in [3.05, 3.63) is 94.9 Å². The predicted molar refractivity (Wildman–Crippen MR) is 135 cm³/mol. The molecule has 0 radical (unpaired) electrons. The molecule has 0 aliphatic rings. The van der Waals surface area contributed by atoms with Crippen LogP contribution in [0, 0.1) is 0 Å². The molecule has 0 bridgehead atoms. The number of anilines is 2. The lowest BCUT2D eigenvalue weighted by Crippen LogP contribution is -2.56. The number of aryl methyl sites for hydroxylation is 1. The summed E-state index contributed by atoms with van der Waals surface area (Å²) in [5.74, 6) is -3.41. The van der Waals surface area contributed by atoms with Gasteiger partial charge in [0.25, 0.3) is 5.56 Å². The van der Waals surface area contributed by atoms with E-state index in [0.717, 1.165) is 16.4 Å². The highest BCUT2D eigenvalue weighted by Gasteiger charge is 2.34. The first-order valence-electron chi connectivity index (χ1n) is 11.3. The van der Waals surface area contributed by atoms with Crippen LogP contribution in [-0.4, -0.2) is 46.2 Å². The van der Waals surface area contributed by atoms with Crippen LogP contribution in [0.25, 0.3) is 0 Å². The van der Waals surface area contributed by atoms with E-state index >= 15 is 0 Å². The lowest BCUT2D eigenvalue weighted by atomic mass is 10.1. The zero-order valence-corrected chi connectivity index (χ0v) is 19.7. The standard InChI is InChI=1S/C26H25FN4O6/c27-17-22(32)21(16-24(34)35)31(23(33)14-13-18-8-3-1-4-9-18)30-15-7-12-20(25(30)36)29-26(37)28-19-10-5-2-6-11-19/h1-12,15,21H,13-14,16-17H2,(H,34,35)(H2,28,29,37)/t21-/m1/s1. The molecule has 0 spiro atoms. The summed E-state index contributed by atoms with van der Waals surface area (Å²) < 4.78 is 14.1. The minimum atomic E-state index is -1.78. The molecule has 0 saturated heterocycles. The van der Waals surface area contributed by atoms with Crippen LogP contribution in [-0.2, 0) is 20.8 Å². The zero-order chi connectivity index (χ0) is 26.8. The highest BCUT2D eigenvalue weighted by Crippen LogP contribution is 2.13. The first kappa shape index (κ1) is 26.8. The number of amides is 3. The lowest BCUT2D eigenvalue weighted by Gasteiger charge is -2.31. The van der Waals surface area contributed by atoms with Crippen molar-refractivity contribution in [1.29, 1.82) is 0 Å². The quantitative estimate of drug-likeness (QED) is 0.364. The van der Waals surface area contributed by atoms with Crippen molar-refractivity contribution in [2.45, 2.75) is 25.3 Å². The molecule has 0 saturated carbocycles. The normalized spacial score (nSPS) is 11.3. The number of benzene rings is 2. The number of alkyl halides is 1. The highest BCUT2D eigenvalue weighted by atomic mass is 19.1. The third-order valence-electron chi connectivity index (χ3n) is 5.33. The number of Topliss-reactive ketones (excluding diaryl/α,β-unsaturated/α-hetero) is 1. The number of pyridine rings is 1. The number of nitrogens with one attached hydrogen (secondary N) is 2. The van der Waals surface area contributed by atoms with Gasteiger partial charge in [-0.25, -0.2) is 18.9 Å². The molecule has 3 N–H and O–H groups in total. The maximum Gasteiger partial charge on any atom is 0.323 e. The smallest absolute Gasteiger partial charge is 0.323 e. The number of nitrogens with zero attached hydrogens (tertiary/aromatic N) is 2. The number of ketones is 1. The number of rotatable bonds is 11. The Morgan fingerprint density at radius 1 is 0.919 bits per heavy atom. The van der Waals surface area contributed by atoms with E-state index in [4.69, 9.17) is 0 Å². The molecule has 0 fully saturated rings. The zero-order valence-electron chi connectivity index (χ0n) is 19.7. The number of carboxylic acids is 1. The van der Waals surface area contributed by atoms with Gasteiger partial charge in [-0.3, -0.25) is 19.2 Å². The lowest BCUT2D eigenvalue weighted by molar-refractivity contribution is -0.140. The Morgan fingerprint density at radius 2 is 1.57 bits per heavy atom. The van der Waals surface area contributed by atoms with E-state index < -0.39 is 48.4 Å². The summed E-state index contributed by atoms with van der Waals surface area (Å²) in [7, 11) is 0. The molecule has 1 heterocycles. The number of aromatic nitrogens is 1. The van der Waals surface area contributed by atoms with Gasteiger partial charge in [0.15, 0.2) is 5.78 Å². The molecule has 0 aliphatic carbocycles. The van der Waals surface area contributed by atoms with Gasteiger partial charge in [0.05, 0.1) is 6.42 Å². The van der Waals surface area contributed by atoms with Gasteiger partial charge >= 0.3 is 12.0 Å². The van der Waals surface area contributed by atoms with E-state index in [9.17, 15) is 33.5 Å². The van der Waals surface area contributed by atoms with Gasteiger partial charge in [0.1, 0.15) is 18.4 Å². The van der Waals surface area contributed by atoms with Gasteiger partial charge in [0.2, 0.25) is 5.91 Å². The third-order valence-corrected chi connectivity index (χ3v) is 5.33. The molecule has 0 aliphatic heterocycles. The number of hydrogen-bond acceptors (Lipinski definition) is 5. The first-order chi connectivity index (χ1) is 17.8. The average molecular weight is 509 g/mol. The first-order valence-corrected chi connectivity index (χ1v) is 11.3. The van der Waals surface area contributed by atoms with Crippen molar-refractivity contribution in [2.24, 2.45) is 0 Å². The number of carbonyl (C=O) groups excluding carboxylic acids is 3. The molecule has 3 rings (SSSR count). The third kappa shape index (κ3) is 7.34. The van der Waals surface area contributed by atoms with Crippen molar-refractivity contribution in [3.8, 4) is 0 Å². The van der Waals surface area contributed by atoms with E-state index in [1.165, 1.54) is 12.1 Å². The summed E-state index contributed by atoms with van der Waals surface area (Å²) in [6.45, 7) is -1.54. The van der Waals surface area contributed by atoms with Gasteiger partial charge in [-0.15, -0.1) is 0 Å². The van der Waals surface area contributed by atoms with Crippen LogP contribution in [0.2, 0.25) is 0 Å². The van der Waals surface area contributed by atoms with Crippen molar-refractivity contribution in [1.82, 2.24) is 4.68 Å². The van der Waals surface area contributed by atoms with Gasteiger partial charge in [0, 0.05) is 18.3 Å². The second-order valence-electron chi connectivity index (χ2n) is 7.95. The fourth-order valence-corrected chi connectivity index (χ4v) is 3.60. The Hall–Kier alpha value is -4.80. The van der Waals surface area contributed by atoms with Gasteiger partial charge in [-0.1, -0.05) is 48.5 Å². The molecule has 3 amide bonds. The summed E-state index contributed by atoms with van der Waals surface area (Å²) >= 11 is 0. The van der Waals surface area contributed by atoms with Crippen LogP contribution in [0.5, 0.6) is 0 Å². The fraction of sp³-hybridized carbons (Fsp3) is 0.192. The Labute approximate surface area is 211 Å². The SMILES string of the molecule is O=C(O)C[C@H](C(=O)CF)N(C(=O)CCc1ccccc1)n1cccc(NC(=O)Nc2ccccc2)c1=O. The Morgan fingerprint density at radius 3 is 2.19 bits per heavy atom. The number of halogens is 1. The Bertz CT molecular complexity index is 1310. The van der Waals surface area contributed by atoms with Crippen LogP contribution in [0.3, 0.4) is 0 Å². The van der Waals surface area contributed by atoms with Gasteiger partial charge in [-0.05, 0) is 36.2 Å². The number of carbonyl (C=O) groups is 4. The largest absolute Gasteiger partial charge is 0.481 e. The Kier molecular flexibility index (Phi) is 9.25. The molecule has 0 unspecified atom stereocenters. The van der Waals surface area contributed by atoms with Gasteiger partial charge in [-0.2, -0.15) is 0 Å². The monoisotopic (exact) mass is 508 g/mol. The summed E-state index contributed by atoms with van der Waals surface area (Å²) in [6, 6.07) is 17.4. The number of aliphatic carboxylic acids is 1. The van der Waals surface area contributed by atoms with Crippen LogP contribution >= 0.6 is 0 Å². The summed E-state index contributed by atoms with van der Waals surface area (Å²) in [6.07, 6.45) is 0.256. The molecular formula is C26H25FN4O6. The summed E-state index contributed by atoms with van der Waals surface area (Å²) in [5, 5.41) is 14.9. The Balaban J connectivity index is 1.94. The highest BCUT2D eigenvalue weighted by molar-refractivity contribution is 6.00. The van der Waals surface area contributed by atoms with Gasteiger partial charge < -0.3 is 15.7 Å². The molecule has 1 atom stereocenters. The summed E-state index contributed by atoms with van der Waals surface area (Å²) in [5.41, 5.74) is 0.0890. The van der Waals surface area contributed by atoms with Crippen LogP contribution in [0.15, 0.2) is 83.8 Å². The molecule has 3 aromatic rings.